The highest BCUT2D eigenvalue weighted by molar-refractivity contribution is 8.00. The van der Waals surface area contributed by atoms with Crippen LogP contribution in [0.5, 0.6) is 5.75 Å². The van der Waals surface area contributed by atoms with Crippen molar-refractivity contribution in [3.05, 3.63) is 64.0 Å². The lowest BCUT2D eigenvalue weighted by molar-refractivity contribution is -0.384. The van der Waals surface area contributed by atoms with E-state index in [1.54, 1.807) is 0 Å². The summed E-state index contributed by atoms with van der Waals surface area (Å²) >= 11 is 1.11. The fourth-order valence-electron chi connectivity index (χ4n) is 1.97. The second-order valence-electron chi connectivity index (χ2n) is 4.97. The molecule has 26 heavy (non-hydrogen) atoms. The molecule has 0 aromatic heterocycles. The average Bonchev–Trinajstić information content (AvgIpc) is 2.64. The molecule has 2 rings (SSSR count). The van der Waals surface area contributed by atoms with Crippen LogP contribution in [0, 0.1) is 15.9 Å². The molecule has 0 heterocycles. The van der Waals surface area contributed by atoms with E-state index >= 15 is 0 Å². The SMILES string of the molecule is COc1ccc(F)cc1C(=O)COC(=O)CSc1ccc([N+](=O)[O-])cc1. The van der Waals surface area contributed by atoms with Crippen molar-refractivity contribution in [2.75, 3.05) is 19.5 Å². The molecule has 0 saturated carbocycles. The quantitative estimate of drug-likeness (QED) is 0.228. The zero-order chi connectivity index (χ0) is 19.1. The van der Waals surface area contributed by atoms with Gasteiger partial charge in [0.25, 0.3) is 5.69 Å². The van der Waals surface area contributed by atoms with E-state index in [1.807, 2.05) is 0 Å². The predicted molar refractivity (Wildman–Crippen MR) is 92.1 cm³/mol. The number of carbonyl (C=O) groups is 2. The largest absolute Gasteiger partial charge is 0.496 e. The molecule has 0 radical (unpaired) electrons. The topological polar surface area (TPSA) is 95.7 Å². The lowest BCUT2D eigenvalue weighted by atomic mass is 10.1. The van der Waals surface area contributed by atoms with Gasteiger partial charge in [-0.3, -0.25) is 19.7 Å². The number of benzene rings is 2. The molecule has 0 aliphatic heterocycles. The molecule has 0 atom stereocenters. The van der Waals surface area contributed by atoms with Gasteiger partial charge in [-0.1, -0.05) is 0 Å². The van der Waals surface area contributed by atoms with Gasteiger partial charge >= 0.3 is 5.97 Å². The Morgan fingerprint density at radius 1 is 1.19 bits per heavy atom. The molecule has 136 valence electrons. The number of halogens is 1. The predicted octanol–water partition coefficient (Wildman–Crippen LogP) is 3.26. The van der Waals surface area contributed by atoms with E-state index in [2.05, 4.69) is 0 Å². The summed E-state index contributed by atoms with van der Waals surface area (Å²) in [5.74, 6) is -1.72. The first-order valence-electron chi connectivity index (χ1n) is 7.30. The van der Waals surface area contributed by atoms with Gasteiger partial charge < -0.3 is 9.47 Å². The van der Waals surface area contributed by atoms with Crippen LogP contribution in [0.2, 0.25) is 0 Å². The van der Waals surface area contributed by atoms with Gasteiger partial charge in [0.15, 0.2) is 6.61 Å². The normalized spacial score (nSPS) is 10.2. The third-order valence-electron chi connectivity index (χ3n) is 3.23. The van der Waals surface area contributed by atoms with Gasteiger partial charge in [-0.15, -0.1) is 11.8 Å². The highest BCUT2D eigenvalue weighted by Gasteiger charge is 2.16. The fourth-order valence-corrected chi connectivity index (χ4v) is 2.67. The van der Waals surface area contributed by atoms with Crippen molar-refractivity contribution in [1.82, 2.24) is 0 Å². The number of methoxy groups -OCH3 is 1. The molecule has 0 spiro atoms. The van der Waals surface area contributed by atoms with Crippen molar-refractivity contribution < 1.29 is 28.4 Å². The number of nitro groups is 1. The first-order valence-corrected chi connectivity index (χ1v) is 8.29. The van der Waals surface area contributed by atoms with E-state index in [9.17, 15) is 24.1 Å². The molecule has 0 bridgehead atoms. The summed E-state index contributed by atoms with van der Waals surface area (Å²) in [7, 11) is 1.34. The monoisotopic (exact) mass is 379 g/mol. The van der Waals surface area contributed by atoms with E-state index in [4.69, 9.17) is 9.47 Å². The van der Waals surface area contributed by atoms with Crippen LogP contribution in [0.15, 0.2) is 47.4 Å². The number of non-ortho nitro benzene ring substituents is 1. The maximum Gasteiger partial charge on any atom is 0.316 e. The van der Waals surface area contributed by atoms with Crippen LogP contribution in [0.25, 0.3) is 0 Å². The summed E-state index contributed by atoms with van der Waals surface area (Å²) in [6, 6.07) is 9.16. The molecular formula is C17H14FNO6S. The number of hydrogen-bond donors (Lipinski definition) is 0. The number of Topliss-reactive ketones (excluding diaryl/α,β-unsaturated/α-hetero) is 1. The number of carbonyl (C=O) groups excluding carboxylic acids is 2. The standard InChI is InChI=1S/C17H14FNO6S/c1-24-16-7-2-11(18)8-14(16)15(20)9-25-17(21)10-26-13-5-3-12(4-6-13)19(22)23/h2-8H,9-10H2,1H3. The summed E-state index contributed by atoms with van der Waals surface area (Å²) < 4.78 is 23.1. The number of rotatable bonds is 8. The van der Waals surface area contributed by atoms with Gasteiger partial charge in [-0.25, -0.2) is 4.39 Å². The number of thioether (sulfide) groups is 1. The van der Waals surface area contributed by atoms with Gasteiger partial charge in [-0.05, 0) is 30.3 Å². The molecule has 0 fully saturated rings. The second kappa shape index (κ2) is 8.95. The summed E-state index contributed by atoms with van der Waals surface area (Å²) in [4.78, 5) is 34.5. The summed E-state index contributed by atoms with van der Waals surface area (Å²) in [6.45, 7) is -0.542. The third kappa shape index (κ3) is 5.28. The maximum absolute atomic E-state index is 13.3. The molecule has 2 aromatic rings. The van der Waals surface area contributed by atoms with Gasteiger partial charge in [0.05, 0.1) is 23.3 Å². The van der Waals surface area contributed by atoms with Crippen molar-refractivity contribution in [1.29, 1.82) is 0 Å². The molecule has 0 unspecified atom stereocenters. The summed E-state index contributed by atoms with van der Waals surface area (Å²) in [6.07, 6.45) is 0. The molecule has 0 saturated heterocycles. The summed E-state index contributed by atoms with van der Waals surface area (Å²) in [5.41, 5.74) is -0.0603. The molecule has 0 aliphatic rings. The highest BCUT2D eigenvalue weighted by Crippen LogP contribution is 2.22. The lowest BCUT2D eigenvalue weighted by Crippen LogP contribution is -2.16. The molecule has 7 nitrogen and oxygen atoms in total. The van der Waals surface area contributed by atoms with Crippen molar-refractivity contribution in [3.63, 3.8) is 0 Å². The van der Waals surface area contributed by atoms with Gasteiger partial charge in [0.2, 0.25) is 5.78 Å². The van der Waals surface area contributed by atoms with Crippen LogP contribution < -0.4 is 4.74 Å². The Morgan fingerprint density at radius 2 is 1.88 bits per heavy atom. The zero-order valence-electron chi connectivity index (χ0n) is 13.6. The summed E-state index contributed by atoms with van der Waals surface area (Å²) in [5, 5.41) is 10.6. The van der Waals surface area contributed by atoms with Crippen LogP contribution in [0.4, 0.5) is 10.1 Å². The fraction of sp³-hybridized carbons (Fsp3) is 0.176. The number of nitro benzene ring substituents is 1. The van der Waals surface area contributed by atoms with Crippen molar-refractivity contribution in [2.24, 2.45) is 0 Å². The minimum Gasteiger partial charge on any atom is -0.496 e. The van der Waals surface area contributed by atoms with Crippen molar-refractivity contribution in [2.45, 2.75) is 4.90 Å². The minimum atomic E-state index is -0.642. The average molecular weight is 379 g/mol. The number of nitrogens with zero attached hydrogens (tertiary/aromatic N) is 1. The Bertz CT molecular complexity index is 825. The van der Waals surface area contributed by atoms with E-state index in [1.165, 1.54) is 37.4 Å². The van der Waals surface area contributed by atoms with E-state index in [-0.39, 0.29) is 22.8 Å². The zero-order valence-corrected chi connectivity index (χ0v) is 14.5. The van der Waals surface area contributed by atoms with Crippen molar-refractivity contribution in [3.8, 4) is 5.75 Å². The second-order valence-corrected chi connectivity index (χ2v) is 6.02. The molecule has 0 N–H and O–H groups in total. The van der Waals surface area contributed by atoms with E-state index in [0.29, 0.717) is 4.90 Å². The van der Waals surface area contributed by atoms with Crippen LogP contribution >= 0.6 is 11.8 Å². The Balaban J connectivity index is 1.86. The number of esters is 1. The molecular weight excluding hydrogens is 365 g/mol. The van der Waals surface area contributed by atoms with Gasteiger partial charge in [0, 0.05) is 17.0 Å². The molecule has 0 amide bonds. The van der Waals surface area contributed by atoms with Crippen LogP contribution in [-0.4, -0.2) is 36.1 Å². The Kier molecular flexibility index (Phi) is 6.67. The molecule has 0 aliphatic carbocycles. The Hall–Kier alpha value is -2.94. The number of hydrogen-bond acceptors (Lipinski definition) is 7. The molecule has 9 heteroatoms. The smallest absolute Gasteiger partial charge is 0.316 e. The van der Waals surface area contributed by atoms with Crippen LogP contribution in [-0.2, 0) is 9.53 Å². The number of ketones is 1. The lowest BCUT2D eigenvalue weighted by Gasteiger charge is -2.08. The minimum absolute atomic E-state index is 0.0108. The van der Waals surface area contributed by atoms with Gasteiger partial charge in [0.1, 0.15) is 11.6 Å². The van der Waals surface area contributed by atoms with Crippen molar-refractivity contribution >= 4 is 29.2 Å². The molecule has 2 aromatic carbocycles. The van der Waals surface area contributed by atoms with Crippen LogP contribution in [0.3, 0.4) is 0 Å². The van der Waals surface area contributed by atoms with E-state index < -0.39 is 29.1 Å². The first kappa shape index (κ1) is 19.4. The number of ether oxygens (including phenoxy) is 2. The highest BCUT2D eigenvalue weighted by atomic mass is 32.2. The van der Waals surface area contributed by atoms with E-state index in [0.717, 1.165) is 23.9 Å². The Morgan fingerprint density at radius 3 is 2.50 bits per heavy atom. The Labute approximate surface area is 152 Å². The van der Waals surface area contributed by atoms with Crippen LogP contribution in [0.1, 0.15) is 10.4 Å². The third-order valence-corrected chi connectivity index (χ3v) is 4.22. The maximum atomic E-state index is 13.3. The van der Waals surface area contributed by atoms with Gasteiger partial charge in [-0.2, -0.15) is 0 Å². The first-order chi connectivity index (χ1) is 12.4.